The highest BCUT2D eigenvalue weighted by Crippen LogP contribution is 2.27. The van der Waals surface area contributed by atoms with Crippen LogP contribution in [0.5, 0.6) is 0 Å². The number of para-hydroxylation sites is 1. The van der Waals surface area contributed by atoms with Crippen LogP contribution in [0.4, 0.5) is 0 Å². The summed E-state index contributed by atoms with van der Waals surface area (Å²) in [7, 11) is 0. The lowest BCUT2D eigenvalue weighted by Crippen LogP contribution is -2.38. The van der Waals surface area contributed by atoms with Crippen molar-refractivity contribution in [3.05, 3.63) is 60.3 Å². The molecule has 6 nitrogen and oxygen atoms in total. The molecule has 2 heterocycles. The molecule has 4 rings (SSSR count). The van der Waals surface area contributed by atoms with Gasteiger partial charge in [-0.15, -0.1) is 0 Å². The van der Waals surface area contributed by atoms with Crippen molar-refractivity contribution in [2.75, 3.05) is 0 Å². The summed E-state index contributed by atoms with van der Waals surface area (Å²) < 4.78 is 0. The van der Waals surface area contributed by atoms with E-state index in [1.54, 1.807) is 12.3 Å². The van der Waals surface area contributed by atoms with Gasteiger partial charge in [-0.05, 0) is 49.9 Å². The van der Waals surface area contributed by atoms with Gasteiger partial charge >= 0.3 is 5.97 Å². The molecule has 3 aromatic rings. The molecule has 1 saturated carbocycles. The zero-order valence-electron chi connectivity index (χ0n) is 15.3. The molecule has 0 atom stereocenters. The highest BCUT2D eigenvalue weighted by Gasteiger charge is 2.27. The van der Waals surface area contributed by atoms with Crippen LogP contribution in [0.2, 0.25) is 0 Å². The first kappa shape index (κ1) is 18.1. The Kier molecular flexibility index (Phi) is 5.02. The summed E-state index contributed by atoms with van der Waals surface area (Å²) >= 11 is 0. The zero-order valence-corrected chi connectivity index (χ0v) is 15.3. The van der Waals surface area contributed by atoms with Crippen LogP contribution in [0.1, 0.15) is 36.0 Å². The molecule has 1 amide bonds. The Hall–Kier alpha value is -3.28. The van der Waals surface area contributed by atoms with Crippen molar-refractivity contribution < 1.29 is 14.7 Å². The van der Waals surface area contributed by atoms with Crippen molar-refractivity contribution in [3.8, 4) is 11.4 Å². The van der Waals surface area contributed by atoms with Gasteiger partial charge in [-0.1, -0.05) is 24.3 Å². The van der Waals surface area contributed by atoms with Gasteiger partial charge in [0.05, 0.1) is 28.4 Å². The number of amides is 1. The molecule has 2 aromatic heterocycles. The first-order chi connectivity index (χ1) is 13.6. The predicted octanol–water partition coefficient (Wildman–Crippen LogP) is 3.67. The average molecular weight is 375 g/mol. The first-order valence-electron chi connectivity index (χ1n) is 9.46. The number of hydrogen-bond donors (Lipinski definition) is 2. The van der Waals surface area contributed by atoms with Crippen molar-refractivity contribution in [2.24, 2.45) is 5.92 Å². The van der Waals surface area contributed by atoms with E-state index in [0.29, 0.717) is 42.6 Å². The molecule has 1 aliphatic carbocycles. The number of hydrogen-bond acceptors (Lipinski definition) is 4. The van der Waals surface area contributed by atoms with Gasteiger partial charge in [0.1, 0.15) is 0 Å². The molecule has 2 N–H and O–H groups in total. The van der Waals surface area contributed by atoms with Gasteiger partial charge < -0.3 is 10.4 Å². The number of nitrogens with one attached hydrogen (secondary N) is 1. The molecule has 0 aliphatic heterocycles. The van der Waals surface area contributed by atoms with E-state index >= 15 is 0 Å². The first-order valence-corrected chi connectivity index (χ1v) is 9.46. The number of pyridine rings is 2. The van der Waals surface area contributed by atoms with Crippen LogP contribution < -0.4 is 5.32 Å². The third-order valence-corrected chi connectivity index (χ3v) is 5.30. The molecule has 0 saturated heterocycles. The largest absolute Gasteiger partial charge is 0.481 e. The van der Waals surface area contributed by atoms with Crippen LogP contribution in [-0.2, 0) is 4.79 Å². The predicted molar refractivity (Wildman–Crippen MR) is 106 cm³/mol. The quantitative estimate of drug-likeness (QED) is 0.726. The fourth-order valence-corrected chi connectivity index (χ4v) is 3.76. The number of aliphatic carboxylic acids is 1. The molecule has 0 spiro atoms. The Labute approximate surface area is 162 Å². The third-order valence-electron chi connectivity index (χ3n) is 5.30. The SMILES string of the molecule is O=C(NC1CCC(C(=O)O)CC1)c1cc(-c2ccccn2)nc2ccccc12. The summed E-state index contributed by atoms with van der Waals surface area (Å²) in [6.45, 7) is 0. The second-order valence-corrected chi connectivity index (χ2v) is 7.15. The van der Waals surface area contributed by atoms with E-state index in [2.05, 4.69) is 15.3 Å². The Morgan fingerprint density at radius 3 is 2.43 bits per heavy atom. The molecular weight excluding hydrogens is 354 g/mol. The molecule has 1 aromatic carbocycles. The molecule has 28 heavy (non-hydrogen) atoms. The zero-order chi connectivity index (χ0) is 19.5. The third kappa shape index (κ3) is 3.71. The molecule has 0 bridgehead atoms. The Morgan fingerprint density at radius 1 is 0.964 bits per heavy atom. The van der Waals surface area contributed by atoms with E-state index in [1.807, 2.05) is 42.5 Å². The van der Waals surface area contributed by atoms with Gasteiger partial charge in [-0.3, -0.25) is 14.6 Å². The van der Waals surface area contributed by atoms with Gasteiger partial charge in [0.25, 0.3) is 5.91 Å². The van der Waals surface area contributed by atoms with Gasteiger partial charge in [0.15, 0.2) is 0 Å². The molecular formula is C22H21N3O3. The smallest absolute Gasteiger partial charge is 0.306 e. The average Bonchev–Trinajstić information content (AvgIpc) is 2.74. The maximum absolute atomic E-state index is 13.1. The minimum Gasteiger partial charge on any atom is -0.481 e. The minimum atomic E-state index is -0.745. The van der Waals surface area contributed by atoms with Crippen LogP contribution in [0.25, 0.3) is 22.3 Å². The Morgan fingerprint density at radius 2 is 1.71 bits per heavy atom. The summed E-state index contributed by atoms with van der Waals surface area (Å²) in [5.74, 6) is -1.20. The van der Waals surface area contributed by atoms with Crippen LogP contribution in [0.3, 0.4) is 0 Å². The summed E-state index contributed by atoms with van der Waals surface area (Å²) in [6, 6.07) is 14.9. The van der Waals surface area contributed by atoms with Crippen molar-refractivity contribution in [1.29, 1.82) is 0 Å². The van der Waals surface area contributed by atoms with Crippen LogP contribution >= 0.6 is 0 Å². The minimum absolute atomic E-state index is 0.00618. The molecule has 0 unspecified atom stereocenters. The highest BCUT2D eigenvalue weighted by molar-refractivity contribution is 6.07. The van der Waals surface area contributed by atoms with E-state index in [4.69, 9.17) is 5.11 Å². The highest BCUT2D eigenvalue weighted by atomic mass is 16.4. The van der Waals surface area contributed by atoms with Crippen molar-refractivity contribution >= 4 is 22.8 Å². The fourth-order valence-electron chi connectivity index (χ4n) is 3.76. The molecule has 1 aliphatic rings. The van der Waals surface area contributed by atoms with E-state index in [-0.39, 0.29) is 17.9 Å². The van der Waals surface area contributed by atoms with E-state index < -0.39 is 5.97 Å². The Balaban J connectivity index is 1.62. The number of carbonyl (C=O) groups excluding carboxylic acids is 1. The van der Waals surface area contributed by atoms with Crippen molar-refractivity contribution in [1.82, 2.24) is 15.3 Å². The number of benzene rings is 1. The van der Waals surface area contributed by atoms with Crippen molar-refractivity contribution in [2.45, 2.75) is 31.7 Å². The summed E-state index contributed by atoms with van der Waals surface area (Å²) in [6.07, 6.45) is 4.25. The molecule has 142 valence electrons. The summed E-state index contributed by atoms with van der Waals surface area (Å²) in [4.78, 5) is 33.2. The molecule has 0 radical (unpaired) electrons. The number of fused-ring (bicyclic) bond motifs is 1. The Bertz CT molecular complexity index is 1010. The summed E-state index contributed by atoms with van der Waals surface area (Å²) in [5, 5.41) is 13.0. The van der Waals surface area contributed by atoms with Crippen LogP contribution in [0, 0.1) is 5.92 Å². The molecule has 1 fully saturated rings. The lowest BCUT2D eigenvalue weighted by molar-refractivity contribution is -0.142. The molecule has 6 heteroatoms. The van der Waals surface area contributed by atoms with Gasteiger partial charge in [0.2, 0.25) is 0 Å². The number of rotatable bonds is 4. The monoisotopic (exact) mass is 375 g/mol. The normalized spacial score (nSPS) is 19.3. The van der Waals surface area contributed by atoms with Gasteiger partial charge in [0, 0.05) is 17.6 Å². The maximum atomic E-state index is 13.1. The van der Waals surface area contributed by atoms with Gasteiger partial charge in [-0.2, -0.15) is 0 Å². The summed E-state index contributed by atoms with van der Waals surface area (Å²) in [5.41, 5.74) is 2.67. The topological polar surface area (TPSA) is 92.2 Å². The van der Waals surface area contributed by atoms with Crippen LogP contribution in [-0.4, -0.2) is 33.0 Å². The number of nitrogens with zero attached hydrogens (tertiary/aromatic N) is 2. The number of aromatic nitrogens is 2. The van der Waals surface area contributed by atoms with Crippen molar-refractivity contribution in [3.63, 3.8) is 0 Å². The number of carboxylic acid groups (broad SMARTS) is 1. The second kappa shape index (κ2) is 7.76. The standard InChI is InChI=1S/C22H21N3O3/c26-21(24-15-10-8-14(9-11-15)22(27)28)17-13-20(19-7-3-4-12-23-19)25-18-6-2-1-5-16(17)18/h1-7,12-15H,8-11H2,(H,24,26)(H,27,28). The van der Waals surface area contributed by atoms with E-state index in [0.717, 1.165) is 10.9 Å². The number of carbonyl (C=O) groups is 2. The lowest BCUT2D eigenvalue weighted by atomic mass is 9.86. The van der Waals surface area contributed by atoms with E-state index in [9.17, 15) is 9.59 Å². The lowest BCUT2D eigenvalue weighted by Gasteiger charge is -2.27. The number of carboxylic acids is 1. The van der Waals surface area contributed by atoms with E-state index in [1.165, 1.54) is 0 Å². The fraction of sp³-hybridized carbons (Fsp3) is 0.273. The van der Waals surface area contributed by atoms with Gasteiger partial charge in [-0.25, -0.2) is 4.98 Å². The second-order valence-electron chi connectivity index (χ2n) is 7.15. The van der Waals surface area contributed by atoms with Crippen LogP contribution in [0.15, 0.2) is 54.7 Å². The maximum Gasteiger partial charge on any atom is 0.306 e.